The molecule has 3 N–H and O–H groups in total. The third kappa shape index (κ3) is 18.8. The van der Waals surface area contributed by atoms with E-state index in [0.29, 0.717) is 12.5 Å². The van der Waals surface area contributed by atoms with Gasteiger partial charge in [0.25, 0.3) is 0 Å². The number of cyclic esters (lactones) is 1. The van der Waals surface area contributed by atoms with Gasteiger partial charge in [-0.1, -0.05) is 74.3 Å². The van der Waals surface area contributed by atoms with Crippen LogP contribution in [0.25, 0.3) is 6.08 Å². The number of ketones is 1. The number of ether oxygens (including phenoxy) is 2. The van der Waals surface area contributed by atoms with E-state index in [0.717, 1.165) is 48.7 Å². The average Bonchev–Trinajstić information content (AvgIpc) is 3.40. The quantitative estimate of drug-likeness (QED) is 0.267. The van der Waals surface area contributed by atoms with Gasteiger partial charge in [-0.05, 0) is 70.8 Å². The third-order valence-electron chi connectivity index (χ3n) is 8.10. The highest BCUT2D eigenvalue weighted by Gasteiger charge is 2.43. The fraction of sp³-hybridized carbons (Fsp3) is 0.784. The number of carbonyl (C=O) groups excluding carboxylic acids is 3. The number of hydrogen-bond donors (Lipinski definition) is 3. The molecule has 0 radical (unpaired) electrons. The molecule has 47 heavy (non-hydrogen) atoms. The molecule has 272 valence electrons. The Hall–Kier alpha value is -2.14. The van der Waals surface area contributed by atoms with Crippen LogP contribution in [-0.2, 0) is 23.9 Å². The van der Waals surface area contributed by atoms with Crippen molar-refractivity contribution >= 4 is 35.1 Å². The maximum atomic E-state index is 13.5. The molecule has 1 aromatic rings. The zero-order valence-electron chi connectivity index (χ0n) is 31.4. The molecule has 1 fully saturated rings. The van der Waals surface area contributed by atoms with Gasteiger partial charge in [-0.2, -0.15) is 0 Å². The predicted molar refractivity (Wildman–Crippen MR) is 192 cm³/mol. The summed E-state index contributed by atoms with van der Waals surface area (Å²) in [5, 5.41) is 26.3. The van der Waals surface area contributed by atoms with Crippen molar-refractivity contribution in [2.24, 2.45) is 29.1 Å². The molecular formula is C37H66N2O7S. The number of aliphatic hydroxyl groups is 2. The molecule has 4 unspecified atom stereocenters. The van der Waals surface area contributed by atoms with Crippen LogP contribution >= 0.6 is 11.3 Å². The molecule has 2 heterocycles. The summed E-state index contributed by atoms with van der Waals surface area (Å²) >= 11 is 1.68. The Kier molecular flexibility index (Phi) is 21.5. The second-order valence-electron chi connectivity index (χ2n) is 14.8. The molecule has 0 spiro atoms. The standard InChI is InChI=1S/C26H47NO7.C7H9NS.C4H10/c1-17-10-8-12-18(2)23(34-22(31)15-27-25(4,5)16-28)19(3)24(32)26(6,7)20(29)14-21(30)33-13-9-11-17;1-3-4-7-5-9-6(2)8-7;1-4(2)3/h17-20,23,27-29H,8-16H2,1-7H3;3-5H,1-2H3;4H,1-3H3/b;4-3-;/t17?,18?,19?,20?,23-;;/m0../s1. The van der Waals surface area contributed by atoms with E-state index in [9.17, 15) is 24.6 Å². The van der Waals surface area contributed by atoms with E-state index in [1.54, 1.807) is 46.0 Å². The highest BCUT2D eigenvalue weighted by molar-refractivity contribution is 7.09. The molecule has 0 aliphatic carbocycles. The van der Waals surface area contributed by atoms with Gasteiger partial charge < -0.3 is 19.7 Å². The number of nitrogens with one attached hydrogen (secondary N) is 1. The van der Waals surface area contributed by atoms with Crippen LogP contribution in [0, 0.1) is 36.0 Å². The van der Waals surface area contributed by atoms with Crippen LogP contribution < -0.4 is 5.32 Å². The van der Waals surface area contributed by atoms with Gasteiger partial charge in [0, 0.05) is 10.9 Å². The second kappa shape index (κ2) is 22.5. The first-order chi connectivity index (χ1) is 21.8. The van der Waals surface area contributed by atoms with E-state index in [1.807, 2.05) is 32.9 Å². The van der Waals surface area contributed by atoms with Gasteiger partial charge in [0.1, 0.15) is 11.9 Å². The molecule has 0 aromatic carbocycles. The first-order valence-electron chi connectivity index (χ1n) is 17.2. The minimum absolute atomic E-state index is 0.0632. The van der Waals surface area contributed by atoms with E-state index >= 15 is 0 Å². The van der Waals surface area contributed by atoms with Crippen LogP contribution in [0.2, 0.25) is 0 Å². The summed E-state index contributed by atoms with van der Waals surface area (Å²) < 4.78 is 11.1. The molecule has 1 aromatic heterocycles. The molecule has 9 nitrogen and oxygen atoms in total. The van der Waals surface area contributed by atoms with Gasteiger partial charge in [-0.3, -0.25) is 19.7 Å². The van der Waals surface area contributed by atoms with Crippen molar-refractivity contribution in [3.63, 3.8) is 0 Å². The maximum absolute atomic E-state index is 13.5. The minimum atomic E-state index is -1.22. The lowest BCUT2D eigenvalue weighted by Crippen LogP contribution is -2.49. The molecule has 1 aliphatic rings. The Bertz CT molecular complexity index is 1080. The number of aliphatic hydroxyl groups excluding tert-OH is 2. The second-order valence-corrected chi connectivity index (χ2v) is 15.9. The van der Waals surface area contributed by atoms with E-state index in [2.05, 4.69) is 43.4 Å². The zero-order chi connectivity index (χ0) is 36.4. The molecule has 5 atom stereocenters. The van der Waals surface area contributed by atoms with Crippen LogP contribution in [-0.4, -0.2) is 70.4 Å². The predicted octanol–water partition coefficient (Wildman–Crippen LogP) is 7.17. The molecule has 0 saturated carbocycles. The van der Waals surface area contributed by atoms with Crippen LogP contribution in [0.15, 0.2) is 11.5 Å². The van der Waals surface area contributed by atoms with Crippen molar-refractivity contribution in [3.8, 4) is 0 Å². The zero-order valence-corrected chi connectivity index (χ0v) is 32.2. The summed E-state index contributed by atoms with van der Waals surface area (Å²) in [6.07, 6.45) is 6.29. The van der Waals surface area contributed by atoms with Crippen molar-refractivity contribution in [2.75, 3.05) is 19.8 Å². The van der Waals surface area contributed by atoms with Crippen molar-refractivity contribution in [2.45, 2.75) is 139 Å². The van der Waals surface area contributed by atoms with Gasteiger partial charge >= 0.3 is 11.9 Å². The van der Waals surface area contributed by atoms with Crippen LogP contribution in [0.1, 0.15) is 125 Å². The Balaban J connectivity index is 0.00000134. The van der Waals surface area contributed by atoms with Crippen LogP contribution in [0.3, 0.4) is 0 Å². The number of nitrogens with zero attached hydrogens (tertiary/aromatic N) is 1. The molecule has 0 bridgehead atoms. The summed E-state index contributed by atoms with van der Waals surface area (Å²) in [7, 11) is 0. The topological polar surface area (TPSA) is 135 Å². The fourth-order valence-electron chi connectivity index (χ4n) is 4.99. The average molecular weight is 683 g/mol. The molecule has 1 aliphatic heterocycles. The largest absolute Gasteiger partial charge is 0.466 e. The third-order valence-corrected chi connectivity index (χ3v) is 8.90. The first-order valence-corrected chi connectivity index (χ1v) is 18.1. The Morgan fingerprint density at radius 3 is 2.30 bits per heavy atom. The van der Waals surface area contributed by atoms with Crippen LogP contribution in [0.5, 0.6) is 0 Å². The molecule has 1 saturated heterocycles. The Morgan fingerprint density at radius 1 is 1.17 bits per heavy atom. The van der Waals surface area contributed by atoms with Crippen molar-refractivity contribution in [1.82, 2.24) is 10.3 Å². The lowest BCUT2D eigenvalue weighted by molar-refractivity contribution is -0.160. The summed E-state index contributed by atoms with van der Waals surface area (Å²) in [5.41, 5.74) is -0.783. The van der Waals surface area contributed by atoms with Crippen LogP contribution in [0.4, 0.5) is 0 Å². The smallest absolute Gasteiger partial charge is 0.320 e. The number of esters is 2. The molecule has 0 amide bonds. The summed E-state index contributed by atoms with van der Waals surface area (Å²) in [6.45, 7) is 23.3. The summed E-state index contributed by atoms with van der Waals surface area (Å²) in [6, 6.07) is 0. The van der Waals surface area contributed by atoms with Gasteiger partial charge in [0.05, 0.1) is 54.3 Å². The lowest BCUT2D eigenvalue weighted by Gasteiger charge is -2.36. The number of thiazole rings is 1. The van der Waals surface area contributed by atoms with Crippen molar-refractivity contribution < 1.29 is 34.1 Å². The Morgan fingerprint density at radius 2 is 1.77 bits per heavy atom. The van der Waals surface area contributed by atoms with E-state index < -0.39 is 41.0 Å². The van der Waals surface area contributed by atoms with Crippen molar-refractivity contribution in [3.05, 3.63) is 22.2 Å². The number of hydrogen-bond acceptors (Lipinski definition) is 10. The summed E-state index contributed by atoms with van der Waals surface area (Å²) in [4.78, 5) is 42.6. The lowest BCUT2D eigenvalue weighted by atomic mass is 9.73. The molecule has 2 rings (SSSR count). The van der Waals surface area contributed by atoms with Crippen molar-refractivity contribution in [1.29, 1.82) is 0 Å². The van der Waals surface area contributed by atoms with E-state index in [4.69, 9.17) is 9.47 Å². The fourth-order valence-corrected chi connectivity index (χ4v) is 5.57. The van der Waals surface area contributed by atoms with Gasteiger partial charge in [0.15, 0.2) is 0 Å². The number of allylic oxidation sites excluding steroid dienone is 1. The summed E-state index contributed by atoms with van der Waals surface area (Å²) in [5.74, 6) is -0.713. The molecular weight excluding hydrogens is 616 g/mol. The number of Topliss-reactive ketones (excluding diaryl/α,β-unsaturated/α-hetero) is 1. The minimum Gasteiger partial charge on any atom is -0.466 e. The molecule has 10 heteroatoms. The number of aryl methyl sites for hydroxylation is 1. The highest BCUT2D eigenvalue weighted by Crippen LogP contribution is 2.33. The Labute approximate surface area is 289 Å². The number of rotatable bonds is 6. The SMILES string of the molecule is C/C=C\c1csc(C)n1.CC(C)C.CC1CCCOC(=O)CC(O)C(C)(C)C(=O)C(C)[C@@H](OC(=O)CNC(C)(C)CO)C(C)CCC1. The number of carbonyl (C=O) groups is 3. The maximum Gasteiger partial charge on any atom is 0.320 e. The van der Waals surface area contributed by atoms with Gasteiger partial charge in [0.2, 0.25) is 0 Å². The normalized spacial score (nSPS) is 24.9. The number of aromatic nitrogens is 1. The van der Waals surface area contributed by atoms with E-state index in [-0.39, 0.29) is 31.3 Å². The highest BCUT2D eigenvalue weighted by atomic mass is 32.1. The van der Waals surface area contributed by atoms with Gasteiger partial charge in [-0.25, -0.2) is 4.98 Å². The first kappa shape index (κ1) is 44.9. The van der Waals surface area contributed by atoms with Gasteiger partial charge in [-0.15, -0.1) is 11.3 Å². The monoisotopic (exact) mass is 682 g/mol. The van der Waals surface area contributed by atoms with E-state index in [1.165, 1.54) is 0 Å².